The maximum Gasteiger partial charge on any atom is 0.407 e. The number of aromatic nitrogens is 1. The van der Waals surface area contributed by atoms with Gasteiger partial charge in [-0.05, 0) is 60.7 Å². The van der Waals surface area contributed by atoms with Crippen molar-refractivity contribution >= 4 is 17.0 Å². The molecule has 174 valence electrons. The summed E-state index contributed by atoms with van der Waals surface area (Å²) in [6.07, 6.45) is 2.78. The number of rotatable bonds is 8. The average Bonchev–Trinajstić information content (AvgIpc) is 2.86. The summed E-state index contributed by atoms with van der Waals surface area (Å²) < 4.78 is 10.7. The zero-order valence-electron chi connectivity index (χ0n) is 18.9. The Morgan fingerprint density at radius 3 is 2.91 bits per heavy atom. The van der Waals surface area contributed by atoms with E-state index in [4.69, 9.17) is 9.47 Å². The Labute approximate surface area is 194 Å². The molecule has 2 unspecified atom stereocenters. The normalized spacial score (nSPS) is 17.5. The van der Waals surface area contributed by atoms with Gasteiger partial charge in [-0.2, -0.15) is 0 Å². The largest absolute Gasteiger partial charge is 0.497 e. The molecule has 0 bridgehead atoms. The summed E-state index contributed by atoms with van der Waals surface area (Å²) in [5, 5.41) is 14.8. The van der Waals surface area contributed by atoms with Gasteiger partial charge in [0.05, 0.1) is 18.7 Å². The summed E-state index contributed by atoms with van der Waals surface area (Å²) in [5.74, 6) is 1.07. The minimum absolute atomic E-state index is 0.264. The Balaban J connectivity index is 1.29. The van der Waals surface area contributed by atoms with Gasteiger partial charge in [-0.3, -0.25) is 4.98 Å². The molecule has 1 saturated heterocycles. The number of nitrogens with zero attached hydrogens (tertiary/aromatic N) is 2. The van der Waals surface area contributed by atoms with Crippen LogP contribution in [0.3, 0.4) is 0 Å². The highest BCUT2D eigenvalue weighted by Gasteiger charge is 2.24. The van der Waals surface area contributed by atoms with E-state index in [9.17, 15) is 9.90 Å². The smallest absolute Gasteiger partial charge is 0.407 e. The second-order valence-electron chi connectivity index (χ2n) is 8.51. The number of nitrogens with one attached hydrogen (secondary N) is 1. The van der Waals surface area contributed by atoms with Crippen LogP contribution in [0, 0.1) is 5.92 Å². The van der Waals surface area contributed by atoms with Gasteiger partial charge in [-0.1, -0.05) is 30.3 Å². The summed E-state index contributed by atoms with van der Waals surface area (Å²) in [4.78, 5) is 18.7. The quantitative estimate of drug-likeness (QED) is 0.542. The van der Waals surface area contributed by atoms with Crippen LogP contribution in [0.25, 0.3) is 10.9 Å². The van der Waals surface area contributed by atoms with E-state index in [-0.39, 0.29) is 6.61 Å². The summed E-state index contributed by atoms with van der Waals surface area (Å²) in [5.41, 5.74) is 2.65. The molecule has 1 aliphatic rings. The Morgan fingerprint density at radius 2 is 2.09 bits per heavy atom. The summed E-state index contributed by atoms with van der Waals surface area (Å²) in [7, 11) is 1.63. The van der Waals surface area contributed by atoms with E-state index in [2.05, 4.69) is 15.2 Å². The molecule has 0 spiro atoms. The van der Waals surface area contributed by atoms with Crippen LogP contribution >= 0.6 is 0 Å². The molecule has 2 N–H and O–H groups in total. The Bertz CT molecular complexity index is 1060. The lowest BCUT2D eigenvalue weighted by molar-refractivity contribution is 0.0833. The van der Waals surface area contributed by atoms with Gasteiger partial charge in [0.15, 0.2) is 0 Å². The van der Waals surface area contributed by atoms with Crippen molar-refractivity contribution in [1.82, 2.24) is 15.2 Å². The molecule has 1 aliphatic heterocycles. The van der Waals surface area contributed by atoms with Crippen molar-refractivity contribution in [3.8, 4) is 5.75 Å². The number of carbonyl (C=O) groups is 1. The molecule has 0 radical (unpaired) electrons. The number of aliphatic hydroxyl groups is 1. The van der Waals surface area contributed by atoms with Crippen LogP contribution in [0.5, 0.6) is 5.75 Å². The number of ether oxygens (including phenoxy) is 2. The van der Waals surface area contributed by atoms with Gasteiger partial charge in [0, 0.05) is 31.2 Å². The van der Waals surface area contributed by atoms with E-state index in [0.29, 0.717) is 19.0 Å². The lowest BCUT2D eigenvalue weighted by Gasteiger charge is -2.34. The number of pyridine rings is 1. The van der Waals surface area contributed by atoms with Crippen molar-refractivity contribution in [1.29, 1.82) is 0 Å². The van der Waals surface area contributed by atoms with E-state index in [1.54, 1.807) is 13.3 Å². The van der Waals surface area contributed by atoms with Crippen molar-refractivity contribution in [3.63, 3.8) is 0 Å². The van der Waals surface area contributed by atoms with Crippen molar-refractivity contribution in [2.24, 2.45) is 5.92 Å². The molecule has 0 aliphatic carbocycles. The molecule has 0 saturated carbocycles. The number of methoxy groups -OCH3 is 1. The summed E-state index contributed by atoms with van der Waals surface area (Å²) in [6.45, 7) is 3.11. The molecule has 1 fully saturated rings. The van der Waals surface area contributed by atoms with Gasteiger partial charge in [0.2, 0.25) is 0 Å². The van der Waals surface area contributed by atoms with Crippen molar-refractivity contribution in [2.45, 2.75) is 25.6 Å². The minimum atomic E-state index is -0.634. The second kappa shape index (κ2) is 11.1. The zero-order valence-corrected chi connectivity index (χ0v) is 18.9. The fourth-order valence-electron chi connectivity index (χ4n) is 4.39. The number of aliphatic hydroxyl groups excluding tert-OH is 1. The van der Waals surface area contributed by atoms with Gasteiger partial charge in [-0.15, -0.1) is 0 Å². The molecular weight excluding hydrogens is 418 g/mol. The minimum Gasteiger partial charge on any atom is -0.497 e. The number of amides is 1. The standard InChI is InChI=1S/C26H31N3O4/c1-32-21-9-10-24-23(14-21)22(11-12-27-24)25(30)17-29-13-5-8-20(16-29)15-28-26(31)33-18-19-6-3-2-4-7-19/h2-4,6-7,9-12,14,20,25,30H,5,8,13,15-18H2,1H3,(H,28,31). The molecule has 2 aromatic carbocycles. The van der Waals surface area contributed by atoms with Crippen molar-refractivity contribution in [2.75, 3.05) is 33.3 Å². The molecule has 3 aromatic rings. The number of benzene rings is 2. The number of fused-ring (bicyclic) bond motifs is 1. The van der Waals surface area contributed by atoms with E-state index in [1.807, 2.05) is 54.6 Å². The SMILES string of the molecule is COc1ccc2nccc(C(O)CN3CCCC(CNC(=O)OCc4ccccc4)C3)c2c1. The third-order valence-corrected chi connectivity index (χ3v) is 6.12. The van der Waals surface area contributed by atoms with Crippen LogP contribution in [0.15, 0.2) is 60.8 Å². The first-order valence-corrected chi connectivity index (χ1v) is 11.4. The van der Waals surface area contributed by atoms with Gasteiger partial charge in [0.25, 0.3) is 0 Å². The van der Waals surface area contributed by atoms with Crippen LogP contribution in [-0.4, -0.2) is 54.4 Å². The highest BCUT2D eigenvalue weighted by molar-refractivity contribution is 5.83. The maximum absolute atomic E-state index is 12.1. The molecule has 1 aromatic heterocycles. The van der Waals surface area contributed by atoms with Crippen LogP contribution in [-0.2, 0) is 11.3 Å². The third kappa shape index (κ3) is 6.21. The number of carbonyl (C=O) groups excluding carboxylic acids is 1. The number of hydrogen-bond acceptors (Lipinski definition) is 6. The van der Waals surface area contributed by atoms with Gasteiger partial charge >= 0.3 is 6.09 Å². The molecule has 33 heavy (non-hydrogen) atoms. The molecule has 1 amide bonds. The molecule has 4 rings (SSSR count). The predicted octanol–water partition coefficient (Wildman–Crippen LogP) is 3.92. The highest BCUT2D eigenvalue weighted by Crippen LogP contribution is 2.28. The van der Waals surface area contributed by atoms with Crippen LogP contribution < -0.4 is 10.1 Å². The highest BCUT2D eigenvalue weighted by atomic mass is 16.5. The van der Waals surface area contributed by atoms with Gasteiger partial charge in [-0.25, -0.2) is 4.79 Å². The first-order valence-electron chi connectivity index (χ1n) is 11.4. The monoisotopic (exact) mass is 449 g/mol. The fraction of sp³-hybridized carbons (Fsp3) is 0.385. The van der Waals surface area contributed by atoms with Crippen molar-refractivity contribution in [3.05, 3.63) is 71.9 Å². The van der Waals surface area contributed by atoms with Gasteiger partial charge in [0.1, 0.15) is 12.4 Å². The lowest BCUT2D eigenvalue weighted by Crippen LogP contribution is -2.42. The molecule has 2 heterocycles. The van der Waals surface area contributed by atoms with Crippen LogP contribution in [0.4, 0.5) is 4.79 Å². The second-order valence-corrected chi connectivity index (χ2v) is 8.51. The van der Waals surface area contributed by atoms with Gasteiger partial charge < -0.3 is 24.8 Å². The maximum atomic E-state index is 12.1. The van der Waals surface area contributed by atoms with Crippen molar-refractivity contribution < 1.29 is 19.4 Å². The topological polar surface area (TPSA) is 83.9 Å². The first-order chi connectivity index (χ1) is 16.1. The van der Waals surface area contributed by atoms with E-state index < -0.39 is 12.2 Å². The van der Waals surface area contributed by atoms with Crippen LogP contribution in [0.2, 0.25) is 0 Å². The summed E-state index contributed by atoms with van der Waals surface area (Å²) >= 11 is 0. The fourth-order valence-corrected chi connectivity index (χ4v) is 4.39. The number of likely N-dealkylation sites (tertiary alicyclic amines) is 1. The zero-order chi connectivity index (χ0) is 23.0. The molecular formula is C26H31N3O4. The predicted molar refractivity (Wildman–Crippen MR) is 127 cm³/mol. The lowest BCUT2D eigenvalue weighted by atomic mass is 9.96. The Morgan fingerprint density at radius 1 is 1.24 bits per heavy atom. The van der Waals surface area contributed by atoms with E-state index >= 15 is 0 Å². The number of hydrogen-bond donors (Lipinski definition) is 2. The third-order valence-electron chi connectivity index (χ3n) is 6.12. The molecule has 7 heteroatoms. The molecule has 2 atom stereocenters. The van der Waals surface area contributed by atoms with E-state index in [0.717, 1.165) is 53.7 Å². The number of β-amino-alcohol motifs (C(OH)–C–C–N with tert-alkyl or cyclic N) is 1. The van der Waals surface area contributed by atoms with Crippen LogP contribution in [0.1, 0.15) is 30.1 Å². The average molecular weight is 450 g/mol. The first kappa shape index (κ1) is 23.0. The number of alkyl carbamates (subject to hydrolysis) is 1. The molecule has 7 nitrogen and oxygen atoms in total. The van der Waals surface area contributed by atoms with E-state index in [1.165, 1.54) is 0 Å². The number of piperidine rings is 1. The summed E-state index contributed by atoms with van der Waals surface area (Å²) in [6, 6.07) is 17.2. The Kier molecular flexibility index (Phi) is 7.75. The Hall–Kier alpha value is -3.16.